The molecular weight excluding hydrogens is 262 g/mol. The Morgan fingerprint density at radius 2 is 1.86 bits per heavy atom. The predicted octanol–water partition coefficient (Wildman–Crippen LogP) is 4.16. The Morgan fingerprint density at radius 1 is 1.19 bits per heavy atom. The van der Waals surface area contributed by atoms with Gasteiger partial charge in [-0.2, -0.15) is 0 Å². The summed E-state index contributed by atoms with van der Waals surface area (Å²) in [5, 5.41) is 3.58. The number of rotatable bonds is 5. The zero-order chi connectivity index (χ0) is 16.0. The molecule has 0 amide bonds. The lowest BCUT2D eigenvalue weighted by atomic mass is 9.76. The van der Waals surface area contributed by atoms with Crippen LogP contribution in [-0.4, -0.2) is 25.2 Å². The van der Waals surface area contributed by atoms with Gasteiger partial charge in [-0.05, 0) is 49.4 Å². The first kappa shape index (κ1) is 18.5. The molecule has 1 N–H and O–H groups in total. The van der Waals surface area contributed by atoms with Crippen LogP contribution in [0.15, 0.2) is 0 Å². The fourth-order valence-electron chi connectivity index (χ4n) is 3.46. The SMILES string of the molecule is COC(=O)C(CC(C)C)NC1CCCC(C(C)(C)C)CC1. The highest BCUT2D eigenvalue weighted by Crippen LogP contribution is 2.36. The van der Waals surface area contributed by atoms with E-state index in [1.165, 1.54) is 39.2 Å². The van der Waals surface area contributed by atoms with Gasteiger partial charge in [-0.25, -0.2) is 0 Å². The normalized spacial score (nSPS) is 25.5. The average Bonchev–Trinajstić information content (AvgIpc) is 2.61. The molecule has 3 heteroatoms. The van der Waals surface area contributed by atoms with Gasteiger partial charge < -0.3 is 10.1 Å². The number of ether oxygens (including phenoxy) is 1. The van der Waals surface area contributed by atoms with Gasteiger partial charge in [0.2, 0.25) is 0 Å². The molecule has 0 aliphatic heterocycles. The van der Waals surface area contributed by atoms with Gasteiger partial charge >= 0.3 is 5.97 Å². The van der Waals surface area contributed by atoms with Crippen molar-refractivity contribution in [2.24, 2.45) is 17.3 Å². The Balaban J connectivity index is 2.58. The van der Waals surface area contributed by atoms with E-state index in [1.807, 2.05) is 0 Å². The van der Waals surface area contributed by atoms with E-state index < -0.39 is 0 Å². The maximum absolute atomic E-state index is 11.9. The minimum absolute atomic E-state index is 0.111. The number of carbonyl (C=O) groups excluding carboxylic acids is 1. The van der Waals surface area contributed by atoms with E-state index in [1.54, 1.807) is 0 Å². The molecule has 3 atom stereocenters. The second-order valence-electron chi connectivity index (χ2n) is 8.14. The Labute approximate surface area is 131 Å². The zero-order valence-electron chi connectivity index (χ0n) is 14.9. The number of hydrogen-bond donors (Lipinski definition) is 1. The van der Waals surface area contributed by atoms with Crippen LogP contribution in [0.25, 0.3) is 0 Å². The summed E-state index contributed by atoms with van der Waals surface area (Å²) in [7, 11) is 1.49. The van der Waals surface area contributed by atoms with E-state index in [4.69, 9.17) is 4.74 Å². The van der Waals surface area contributed by atoms with Crippen molar-refractivity contribution >= 4 is 5.97 Å². The molecule has 3 nitrogen and oxygen atoms in total. The fourth-order valence-corrected chi connectivity index (χ4v) is 3.46. The van der Waals surface area contributed by atoms with Crippen molar-refractivity contribution in [2.75, 3.05) is 7.11 Å². The van der Waals surface area contributed by atoms with E-state index in [2.05, 4.69) is 39.9 Å². The fraction of sp³-hybridized carbons (Fsp3) is 0.944. The predicted molar refractivity (Wildman–Crippen MR) is 88.2 cm³/mol. The molecule has 0 aromatic heterocycles. The van der Waals surface area contributed by atoms with E-state index in [9.17, 15) is 4.79 Å². The van der Waals surface area contributed by atoms with E-state index >= 15 is 0 Å². The highest BCUT2D eigenvalue weighted by Gasteiger charge is 2.30. The van der Waals surface area contributed by atoms with Crippen LogP contribution < -0.4 is 5.32 Å². The third-order valence-electron chi connectivity index (χ3n) is 4.82. The van der Waals surface area contributed by atoms with Crippen molar-refractivity contribution in [1.29, 1.82) is 0 Å². The first-order valence-electron chi connectivity index (χ1n) is 8.58. The third-order valence-corrected chi connectivity index (χ3v) is 4.82. The molecule has 1 rings (SSSR count). The van der Waals surface area contributed by atoms with Crippen molar-refractivity contribution < 1.29 is 9.53 Å². The number of esters is 1. The van der Waals surface area contributed by atoms with Crippen LogP contribution in [0.1, 0.15) is 73.1 Å². The largest absolute Gasteiger partial charge is 0.468 e. The van der Waals surface area contributed by atoms with Gasteiger partial charge in [-0.1, -0.05) is 41.0 Å². The summed E-state index contributed by atoms with van der Waals surface area (Å²) in [4.78, 5) is 11.9. The molecular formula is C18H35NO2. The van der Waals surface area contributed by atoms with Crippen LogP contribution in [0.4, 0.5) is 0 Å². The summed E-state index contributed by atoms with van der Waals surface area (Å²) in [6.07, 6.45) is 7.04. The second-order valence-corrected chi connectivity index (χ2v) is 8.14. The van der Waals surface area contributed by atoms with Gasteiger partial charge in [-0.3, -0.25) is 4.79 Å². The van der Waals surface area contributed by atoms with Gasteiger partial charge in [0.05, 0.1) is 7.11 Å². The Morgan fingerprint density at radius 3 is 2.38 bits per heavy atom. The molecule has 0 radical (unpaired) electrons. The molecule has 1 aliphatic rings. The molecule has 0 bridgehead atoms. The number of hydrogen-bond acceptors (Lipinski definition) is 3. The van der Waals surface area contributed by atoms with Crippen molar-refractivity contribution in [3.05, 3.63) is 0 Å². The minimum Gasteiger partial charge on any atom is -0.468 e. The quantitative estimate of drug-likeness (QED) is 0.611. The summed E-state index contributed by atoms with van der Waals surface area (Å²) in [6.45, 7) is 11.4. The summed E-state index contributed by atoms with van der Waals surface area (Å²) in [6, 6.07) is 0.311. The third kappa shape index (κ3) is 6.37. The summed E-state index contributed by atoms with van der Waals surface area (Å²) in [5.74, 6) is 1.18. The van der Waals surface area contributed by atoms with E-state index in [0.717, 1.165) is 12.3 Å². The van der Waals surface area contributed by atoms with Crippen LogP contribution in [0.3, 0.4) is 0 Å². The maximum Gasteiger partial charge on any atom is 0.322 e. The Kier molecular flexibility index (Phi) is 7.19. The monoisotopic (exact) mass is 297 g/mol. The van der Waals surface area contributed by atoms with E-state index in [0.29, 0.717) is 17.4 Å². The van der Waals surface area contributed by atoms with Gasteiger partial charge in [0.15, 0.2) is 0 Å². The van der Waals surface area contributed by atoms with Gasteiger partial charge in [0.25, 0.3) is 0 Å². The van der Waals surface area contributed by atoms with Gasteiger partial charge in [-0.15, -0.1) is 0 Å². The first-order valence-corrected chi connectivity index (χ1v) is 8.58. The molecule has 3 unspecified atom stereocenters. The second kappa shape index (κ2) is 8.17. The molecule has 0 spiro atoms. The van der Waals surface area contributed by atoms with Crippen LogP contribution in [0.2, 0.25) is 0 Å². The first-order chi connectivity index (χ1) is 9.74. The number of methoxy groups -OCH3 is 1. The van der Waals surface area contributed by atoms with Crippen LogP contribution in [-0.2, 0) is 9.53 Å². The highest BCUT2D eigenvalue weighted by atomic mass is 16.5. The van der Waals surface area contributed by atoms with Crippen molar-refractivity contribution in [2.45, 2.75) is 85.2 Å². The molecule has 1 aliphatic carbocycles. The van der Waals surface area contributed by atoms with E-state index in [-0.39, 0.29) is 12.0 Å². The molecule has 0 heterocycles. The highest BCUT2D eigenvalue weighted by molar-refractivity contribution is 5.75. The minimum atomic E-state index is -0.147. The molecule has 1 fully saturated rings. The summed E-state index contributed by atoms with van der Waals surface area (Å²) in [5.41, 5.74) is 0.397. The summed E-state index contributed by atoms with van der Waals surface area (Å²) < 4.78 is 4.96. The Bertz CT molecular complexity index is 320. The molecule has 0 aromatic rings. The number of carbonyl (C=O) groups is 1. The Hall–Kier alpha value is -0.570. The summed E-state index contributed by atoms with van der Waals surface area (Å²) >= 11 is 0. The van der Waals surface area contributed by atoms with Crippen molar-refractivity contribution in [3.8, 4) is 0 Å². The van der Waals surface area contributed by atoms with Crippen LogP contribution in [0.5, 0.6) is 0 Å². The molecule has 0 saturated heterocycles. The zero-order valence-corrected chi connectivity index (χ0v) is 14.9. The standard InChI is InChI=1S/C18H35NO2/c1-13(2)12-16(17(20)21-6)19-15-9-7-8-14(10-11-15)18(3,4)5/h13-16,19H,7-12H2,1-6H3. The van der Waals surface area contributed by atoms with Crippen molar-refractivity contribution in [1.82, 2.24) is 5.32 Å². The lowest BCUT2D eigenvalue weighted by Gasteiger charge is -2.30. The molecule has 1 saturated carbocycles. The van der Waals surface area contributed by atoms with Crippen LogP contribution in [0, 0.1) is 17.3 Å². The average molecular weight is 297 g/mol. The lowest BCUT2D eigenvalue weighted by Crippen LogP contribution is -2.44. The molecule has 0 aromatic carbocycles. The smallest absolute Gasteiger partial charge is 0.322 e. The van der Waals surface area contributed by atoms with Gasteiger partial charge in [0, 0.05) is 6.04 Å². The van der Waals surface area contributed by atoms with Gasteiger partial charge in [0.1, 0.15) is 6.04 Å². The molecule has 124 valence electrons. The topological polar surface area (TPSA) is 38.3 Å². The molecule has 21 heavy (non-hydrogen) atoms. The van der Waals surface area contributed by atoms with Crippen molar-refractivity contribution in [3.63, 3.8) is 0 Å². The lowest BCUT2D eigenvalue weighted by molar-refractivity contribution is -0.143. The van der Waals surface area contributed by atoms with Crippen LogP contribution >= 0.6 is 0 Å². The maximum atomic E-state index is 11.9. The number of nitrogens with one attached hydrogen (secondary N) is 1.